The third kappa shape index (κ3) is 6.48. The molecule has 0 atom stereocenters. The fourth-order valence-corrected chi connectivity index (χ4v) is 3.51. The van der Waals surface area contributed by atoms with Crippen molar-refractivity contribution in [1.29, 1.82) is 0 Å². The van der Waals surface area contributed by atoms with Gasteiger partial charge in [0.25, 0.3) is 0 Å². The van der Waals surface area contributed by atoms with Crippen molar-refractivity contribution in [2.75, 3.05) is 14.2 Å². The van der Waals surface area contributed by atoms with Gasteiger partial charge in [0.1, 0.15) is 5.82 Å². The van der Waals surface area contributed by atoms with Gasteiger partial charge in [-0.2, -0.15) is 0 Å². The number of rotatable bonds is 7. The molecule has 1 saturated carbocycles. The zero-order valence-corrected chi connectivity index (χ0v) is 20.6. The monoisotopic (exact) mass is 528 g/mol. The van der Waals surface area contributed by atoms with E-state index in [0.717, 1.165) is 28.9 Å². The minimum Gasteiger partial charge on any atom is -0.493 e. The maximum Gasteiger partial charge on any atom is 0.192 e. The van der Waals surface area contributed by atoms with Crippen LogP contribution >= 0.6 is 24.0 Å². The number of aliphatic imine (C=N–C) groups is 1. The molecule has 3 rings (SSSR count). The Hall–Kier alpha value is -2.04. The molecule has 0 unspecified atom stereocenters. The summed E-state index contributed by atoms with van der Waals surface area (Å²) >= 11 is 0. The molecule has 166 valence electrons. The molecule has 1 fully saturated rings. The third-order valence-electron chi connectivity index (χ3n) is 5.41. The number of hydrogen-bond acceptors (Lipinski definition) is 5. The molecular weight excluding hydrogens is 495 g/mol. The summed E-state index contributed by atoms with van der Waals surface area (Å²) < 4.78 is 12.7. The maximum absolute atomic E-state index is 5.40. The van der Waals surface area contributed by atoms with Crippen molar-refractivity contribution in [2.45, 2.75) is 58.2 Å². The Morgan fingerprint density at radius 1 is 1.13 bits per heavy atom. The summed E-state index contributed by atoms with van der Waals surface area (Å²) in [5, 5.41) is 15.4. The lowest BCUT2D eigenvalue weighted by Crippen LogP contribution is -2.44. The number of aromatic nitrogens is 3. The van der Waals surface area contributed by atoms with Gasteiger partial charge in [-0.15, -0.1) is 34.2 Å². The molecule has 0 bridgehead atoms. The van der Waals surface area contributed by atoms with E-state index in [-0.39, 0.29) is 24.0 Å². The van der Waals surface area contributed by atoms with Crippen LogP contribution in [0.5, 0.6) is 11.5 Å². The molecule has 1 heterocycles. The number of benzene rings is 1. The van der Waals surface area contributed by atoms with Gasteiger partial charge in [0.2, 0.25) is 0 Å². The van der Waals surface area contributed by atoms with Crippen molar-refractivity contribution in [3.8, 4) is 11.5 Å². The molecule has 2 aromatic rings. The lowest BCUT2D eigenvalue weighted by atomic mass is 9.96. The summed E-state index contributed by atoms with van der Waals surface area (Å²) in [7, 11) is 5.26. The standard InChI is InChI=1S/C21H32N6O2.HI/c1-15-25-26-20(27(15)2)14-23-21(24-17-8-6-5-7-9-17)22-13-16-10-11-18(28-3)19(12-16)29-4;/h10-12,17H,5-9,13-14H2,1-4H3,(H2,22,23,24);1H. The zero-order valence-electron chi connectivity index (χ0n) is 18.3. The van der Waals surface area contributed by atoms with E-state index in [2.05, 4.69) is 20.8 Å². The second kappa shape index (κ2) is 12.0. The summed E-state index contributed by atoms with van der Waals surface area (Å²) in [5.41, 5.74) is 1.06. The van der Waals surface area contributed by atoms with Gasteiger partial charge in [-0.05, 0) is 37.5 Å². The minimum absolute atomic E-state index is 0. The van der Waals surface area contributed by atoms with Gasteiger partial charge in [0.05, 0.1) is 27.3 Å². The first-order chi connectivity index (χ1) is 14.1. The average molecular weight is 528 g/mol. The molecule has 1 aromatic heterocycles. The first kappa shape index (κ1) is 24.2. The molecule has 1 aliphatic carbocycles. The molecule has 9 heteroatoms. The number of nitrogens with one attached hydrogen (secondary N) is 2. The largest absolute Gasteiger partial charge is 0.493 e. The zero-order chi connectivity index (χ0) is 20.6. The first-order valence-corrected chi connectivity index (χ1v) is 10.2. The number of hydrogen-bond donors (Lipinski definition) is 2. The highest BCUT2D eigenvalue weighted by molar-refractivity contribution is 14.0. The van der Waals surface area contributed by atoms with Crippen LogP contribution in [0.15, 0.2) is 23.2 Å². The van der Waals surface area contributed by atoms with E-state index in [9.17, 15) is 0 Å². The number of nitrogens with zero attached hydrogens (tertiary/aromatic N) is 4. The summed E-state index contributed by atoms with van der Waals surface area (Å²) in [6.07, 6.45) is 6.22. The van der Waals surface area contributed by atoms with Crippen molar-refractivity contribution in [1.82, 2.24) is 25.4 Å². The summed E-state index contributed by atoms with van der Waals surface area (Å²) in [5.74, 6) is 4.01. The molecule has 0 saturated heterocycles. The van der Waals surface area contributed by atoms with Gasteiger partial charge in [0.15, 0.2) is 23.3 Å². The molecular formula is C21H33IN6O2. The van der Waals surface area contributed by atoms with Gasteiger partial charge in [-0.3, -0.25) is 0 Å². The van der Waals surface area contributed by atoms with Crippen LogP contribution in [0.2, 0.25) is 0 Å². The fourth-order valence-electron chi connectivity index (χ4n) is 3.51. The van der Waals surface area contributed by atoms with Crippen molar-refractivity contribution >= 4 is 29.9 Å². The normalized spacial score (nSPS) is 14.7. The predicted molar refractivity (Wildman–Crippen MR) is 129 cm³/mol. The molecule has 2 N–H and O–H groups in total. The fraction of sp³-hybridized carbons (Fsp3) is 0.571. The topological polar surface area (TPSA) is 85.6 Å². The van der Waals surface area contributed by atoms with Crippen molar-refractivity contribution < 1.29 is 9.47 Å². The molecule has 0 amide bonds. The highest BCUT2D eigenvalue weighted by Gasteiger charge is 2.15. The lowest BCUT2D eigenvalue weighted by Gasteiger charge is -2.25. The van der Waals surface area contributed by atoms with Crippen molar-refractivity contribution in [3.63, 3.8) is 0 Å². The van der Waals surface area contributed by atoms with Crippen molar-refractivity contribution in [3.05, 3.63) is 35.4 Å². The molecule has 8 nitrogen and oxygen atoms in total. The van der Waals surface area contributed by atoms with E-state index in [4.69, 9.17) is 14.5 Å². The maximum atomic E-state index is 5.40. The summed E-state index contributed by atoms with van der Waals surface area (Å²) in [4.78, 5) is 4.81. The second-order valence-electron chi connectivity index (χ2n) is 7.41. The number of guanidine groups is 1. The number of halogens is 1. The van der Waals surface area contributed by atoms with E-state index in [1.807, 2.05) is 36.7 Å². The van der Waals surface area contributed by atoms with Crippen LogP contribution in [0.25, 0.3) is 0 Å². The van der Waals surface area contributed by atoms with Gasteiger partial charge >= 0.3 is 0 Å². The molecule has 30 heavy (non-hydrogen) atoms. The third-order valence-corrected chi connectivity index (χ3v) is 5.41. The van der Waals surface area contributed by atoms with Crippen LogP contribution in [0.1, 0.15) is 49.3 Å². The van der Waals surface area contributed by atoms with E-state index < -0.39 is 0 Å². The molecule has 0 spiro atoms. The first-order valence-electron chi connectivity index (χ1n) is 10.2. The molecule has 0 aliphatic heterocycles. The second-order valence-corrected chi connectivity index (χ2v) is 7.41. The Balaban J connectivity index is 0.00000320. The molecule has 1 aliphatic rings. The molecule has 0 radical (unpaired) electrons. The van der Waals surface area contributed by atoms with E-state index >= 15 is 0 Å². The number of aryl methyl sites for hydroxylation is 1. The van der Waals surface area contributed by atoms with Gasteiger partial charge in [-0.25, -0.2) is 4.99 Å². The molecule has 1 aromatic carbocycles. The Kier molecular flexibility index (Phi) is 9.67. The van der Waals surface area contributed by atoms with Crippen LogP contribution < -0.4 is 20.1 Å². The van der Waals surface area contributed by atoms with E-state index in [1.54, 1.807) is 14.2 Å². The number of ether oxygens (including phenoxy) is 2. The van der Waals surface area contributed by atoms with Crippen LogP contribution in [0.4, 0.5) is 0 Å². The van der Waals surface area contributed by atoms with E-state index in [1.165, 1.54) is 32.1 Å². The Labute approximate surface area is 195 Å². The Bertz CT molecular complexity index is 833. The van der Waals surface area contributed by atoms with Crippen LogP contribution in [0, 0.1) is 6.92 Å². The van der Waals surface area contributed by atoms with Gasteiger partial charge < -0.3 is 24.7 Å². The SMILES string of the molecule is COc1ccc(CN=C(NCc2nnc(C)n2C)NC2CCCCC2)cc1OC.I. The average Bonchev–Trinajstić information content (AvgIpc) is 3.08. The summed E-state index contributed by atoms with van der Waals surface area (Å²) in [6.45, 7) is 3.06. The van der Waals surface area contributed by atoms with E-state index in [0.29, 0.717) is 24.9 Å². The van der Waals surface area contributed by atoms with Gasteiger partial charge in [0, 0.05) is 13.1 Å². The Morgan fingerprint density at radius 2 is 1.87 bits per heavy atom. The Morgan fingerprint density at radius 3 is 2.50 bits per heavy atom. The van der Waals surface area contributed by atoms with Crippen LogP contribution in [-0.2, 0) is 20.1 Å². The number of methoxy groups -OCH3 is 2. The van der Waals surface area contributed by atoms with Crippen LogP contribution in [0.3, 0.4) is 0 Å². The smallest absolute Gasteiger partial charge is 0.192 e. The highest BCUT2D eigenvalue weighted by Crippen LogP contribution is 2.27. The van der Waals surface area contributed by atoms with Crippen molar-refractivity contribution in [2.24, 2.45) is 12.0 Å². The quantitative estimate of drug-likeness (QED) is 0.326. The van der Waals surface area contributed by atoms with Gasteiger partial charge in [-0.1, -0.05) is 25.3 Å². The highest BCUT2D eigenvalue weighted by atomic mass is 127. The predicted octanol–water partition coefficient (Wildman–Crippen LogP) is 3.33. The summed E-state index contributed by atoms with van der Waals surface area (Å²) in [6, 6.07) is 6.34. The van der Waals surface area contributed by atoms with Crippen LogP contribution in [-0.4, -0.2) is 41.0 Å². The lowest BCUT2D eigenvalue weighted by molar-refractivity contribution is 0.354. The minimum atomic E-state index is 0.